The van der Waals surface area contributed by atoms with E-state index >= 15 is 0 Å². The van der Waals surface area contributed by atoms with Crippen molar-refractivity contribution < 1.29 is 14.6 Å². The third-order valence-electron chi connectivity index (χ3n) is 2.99. The van der Waals surface area contributed by atoms with Crippen LogP contribution in [0.3, 0.4) is 0 Å². The smallest absolute Gasteiger partial charge is 0.146 e. The first-order valence-electron chi connectivity index (χ1n) is 5.66. The maximum absolute atomic E-state index is 13.8. The number of benzene rings is 1. The molecule has 17 heavy (non-hydrogen) atoms. The Labute approximate surface area is 99.7 Å². The van der Waals surface area contributed by atoms with Gasteiger partial charge in [0.2, 0.25) is 0 Å². The summed E-state index contributed by atoms with van der Waals surface area (Å²) in [7, 11) is 1.80. The molecule has 5 heteroatoms. The highest BCUT2D eigenvalue weighted by atomic mass is 19.1. The standard InChI is InChI=1S/C12H17FN2O2/c1-14-5-8-2-3-10(9(13)4-8)15-6-11(16)12(17)7-15/h2-4,11-12,14,16-17H,5-7H2,1H3. The molecule has 1 fully saturated rings. The Bertz CT molecular complexity index is 390. The SMILES string of the molecule is CNCc1ccc(N2CC(O)C(O)C2)c(F)c1. The van der Waals surface area contributed by atoms with Gasteiger partial charge in [-0.25, -0.2) is 4.39 Å². The van der Waals surface area contributed by atoms with Crippen molar-refractivity contribution in [2.75, 3.05) is 25.0 Å². The number of anilines is 1. The van der Waals surface area contributed by atoms with E-state index in [1.807, 2.05) is 6.07 Å². The number of rotatable bonds is 3. The molecule has 2 atom stereocenters. The number of nitrogens with zero attached hydrogens (tertiary/aromatic N) is 1. The van der Waals surface area contributed by atoms with Crippen molar-refractivity contribution in [1.82, 2.24) is 5.32 Å². The number of hydrogen-bond donors (Lipinski definition) is 3. The van der Waals surface area contributed by atoms with Gasteiger partial charge in [-0.15, -0.1) is 0 Å². The van der Waals surface area contributed by atoms with Gasteiger partial charge < -0.3 is 20.4 Å². The van der Waals surface area contributed by atoms with Crippen molar-refractivity contribution in [3.05, 3.63) is 29.6 Å². The molecule has 1 heterocycles. The number of nitrogens with one attached hydrogen (secondary N) is 1. The third-order valence-corrected chi connectivity index (χ3v) is 2.99. The van der Waals surface area contributed by atoms with Gasteiger partial charge in [-0.3, -0.25) is 0 Å². The second-order valence-corrected chi connectivity index (χ2v) is 4.36. The predicted octanol–water partition coefficient (Wildman–Crippen LogP) is 0.0869. The first-order valence-corrected chi connectivity index (χ1v) is 5.66. The maximum atomic E-state index is 13.8. The zero-order valence-corrected chi connectivity index (χ0v) is 9.73. The molecule has 0 aliphatic carbocycles. The lowest BCUT2D eigenvalue weighted by atomic mass is 10.2. The van der Waals surface area contributed by atoms with E-state index in [9.17, 15) is 14.6 Å². The van der Waals surface area contributed by atoms with Crippen molar-refractivity contribution in [3.8, 4) is 0 Å². The normalized spacial score (nSPS) is 24.4. The molecule has 1 aliphatic heterocycles. The van der Waals surface area contributed by atoms with Gasteiger partial charge in [-0.1, -0.05) is 6.07 Å². The highest BCUT2D eigenvalue weighted by molar-refractivity contribution is 5.50. The minimum atomic E-state index is -0.800. The van der Waals surface area contributed by atoms with Gasteiger partial charge in [0.05, 0.1) is 17.9 Å². The Morgan fingerprint density at radius 3 is 2.53 bits per heavy atom. The molecule has 3 N–H and O–H groups in total. The number of hydrogen-bond acceptors (Lipinski definition) is 4. The summed E-state index contributed by atoms with van der Waals surface area (Å²) in [5.74, 6) is -0.320. The molecule has 0 radical (unpaired) electrons. The predicted molar refractivity (Wildman–Crippen MR) is 63.4 cm³/mol. The van der Waals surface area contributed by atoms with Gasteiger partial charge in [-0.05, 0) is 24.7 Å². The van der Waals surface area contributed by atoms with Crippen LogP contribution in [-0.4, -0.2) is 42.6 Å². The van der Waals surface area contributed by atoms with Crippen molar-refractivity contribution in [2.24, 2.45) is 0 Å². The van der Waals surface area contributed by atoms with Crippen LogP contribution in [0.25, 0.3) is 0 Å². The van der Waals surface area contributed by atoms with E-state index in [0.29, 0.717) is 12.2 Å². The summed E-state index contributed by atoms with van der Waals surface area (Å²) in [5, 5.41) is 21.8. The summed E-state index contributed by atoms with van der Waals surface area (Å²) in [6, 6.07) is 5.00. The number of β-amino-alcohol motifs (C(OH)–C–C–N with tert-alkyl or cyclic N) is 2. The second-order valence-electron chi connectivity index (χ2n) is 4.36. The maximum Gasteiger partial charge on any atom is 0.146 e. The van der Waals surface area contributed by atoms with Crippen molar-refractivity contribution in [1.29, 1.82) is 0 Å². The van der Waals surface area contributed by atoms with E-state index in [1.54, 1.807) is 18.0 Å². The Kier molecular flexibility index (Phi) is 3.61. The summed E-state index contributed by atoms with van der Waals surface area (Å²) in [4.78, 5) is 1.66. The lowest BCUT2D eigenvalue weighted by Gasteiger charge is -2.18. The molecule has 0 aromatic heterocycles. The minimum Gasteiger partial charge on any atom is -0.389 e. The van der Waals surface area contributed by atoms with E-state index < -0.39 is 12.2 Å². The summed E-state index contributed by atoms with van der Waals surface area (Å²) < 4.78 is 13.8. The van der Waals surface area contributed by atoms with E-state index in [1.165, 1.54) is 6.07 Å². The van der Waals surface area contributed by atoms with Gasteiger partial charge in [0, 0.05) is 19.6 Å². The molecular weight excluding hydrogens is 223 g/mol. The summed E-state index contributed by atoms with van der Waals surface area (Å²) >= 11 is 0. The van der Waals surface area contributed by atoms with Gasteiger partial charge in [0.15, 0.2) is 0 Å². The Hall–Kier alpha value is -1.17. The van der Waals surface area contributed by atoms with Crippen LogP contribution in [0.15, 0.2) is 18.2 Å². The Balaban J connectivity index is 2.17. The first kappa shape index (κ1) is 12.3. The molecule has 94 valence electrons. The Morgan fingerprint density at radius 1 is 1.35 bits per heavy atom. The lowest BCUT2D eigenvalue weighted by molar-refractivity contribution is 0.0572. The van der Waals surface area contributed by atoms with E-state index in [-0.39, 0.29) is 18.9 Å². The summed E-state index contributed by atoms with van der Waals surface area (Å²) in [6.07, 6.45) is -1.60. The average Bonchev–Trinajstić information content (AvgIpc) is 2.59. The van der Waals surface area contributed by atoms with Gasteiger partial charge in [0.1, 0.15) is 5.82 Å². The molecule has 2 unspecified atom stereocenters. The van der Waals surface area contributed by atoms with Crippen molar-refractivity contribution >= 4 is 5.69 Å². The average molecular weight is 240 g/mol. The highest BCUT2D eigenvalue weighted by Gasteiger charge is 2.30. The number of halogens is 1. The fourth-order valence-corrected chi connectivity index (χ4v) is 2.09. The topological polar surface area (TPSA) is 55.7 Å². The minimum absolute atomic E-state index is 0.267. The van der Waals surface area contributed by atoms with Gasteiger partial charge in [-0.2, -0.15) is 0 Å². The molecule has 0 amide bonds. The van der Waals surface area contributed by atoms with Crippen LogP contribution >= 0.6 is 0 Å². The molecule has 1 saturated heterocycles. The van der Waals surface area contributed by atoms with Crippen molar-refractivity contribution in [2.45, 2.75) is 18.8 Å². The van der Waals surface area contributed by atoms with E-state index in [0.717, 1.165) is 5.56 Å². The third kappa shape index (κ3) is 2.57. The largest absolute Gasteiger partial charge is 0.389 e. The molecule has 0 bridgehead atoms. The number of aliphatic hydroxyl groups excluding tert-OH is 2. The highest BCUT2D eigenvalue weighted by Crippen LogP contribution is 2.24. The zero-order chi connectivity index (χ0) is 12.4. The monoisotopic (exact) mass is 240 g/mol. The van der Waals surface area contributed by atoms with Crippen molar-refractivity contribution in [3.63, 3.8) is 0 Å². The zero-order valence-electron chi connectivity index (χ0n) is 9.73. The molecule has 1 aromatic carbocycles. The molecule has 2 rings (SSSR count). The van der Waals surface area contributed by atoms with Crippen LogP contribution in [0.2, 0.25) is 0 Å². The summed E-state index contributed by atoms with van der Waals surface area (Å²) in [5.41, 5.74) is 1.30. The first-order chi connectivity index (χ1) is 8.11. The molecule has 4 nitrogen and oxygen atoms in total. The quantitative estimate of drug-likeness (QED) is 0.701. The molecule has 0 spiro atoms. The fraction of sp³-hybridized carbons (Fsp3) is 0.500. The van der Waals surface area contributed by atoms with Crippen LogP contribution in [-0.2, 0) is 6.54 Å². The van der Waals surface area contributed by atoms with E-state index in [4.69, 9.17) is 0 Å². The second kappa shape index (κ2) is 5.00. The molecule has 0 saturated carbocycles. The van der Waals surface area contributed by atoms with Gasteiger partial charge in [0.25, 0.3) is 0 Å². The van der Waals surface area contributed by atoms with Crippen LogP contribution in [0, 0.1) is 5.82 Å². The lowest BCUT2D eigenvalue weighted by Crippen LogP contribution is -2.22. The van der Waals surface area contributed by atoms with Crippen LogP contribution < -0.4 is 10.2 Å². The fourth-order valence-electron chi connectivity index (χ4n) is 2.09. The molecule has 1 aromatic rings. The van der Waals surface area contributed by atoms with Gasteiger partial charge >= 0.3 is 0 Å². The summed E-state index contributed by atoms with van der Waals surface area (Å²) in [6.45, 7) is 1.15. The Morgan fingerprint density at radius 2 is 2.00 bits per heavy atom. The number of aliphatic hydroxyl groups is 2. The molecule has 1 aliphatic rings. The molecular formula is C12H17FN2O2. The van der Waals surface area contributed by atoms with Crippen LogP contribution in [0.5, 0.6) is 0 Å². The van der Waals surface area contributed by atoms with Crippen LogP contribution in [0.1, 0.15) is 5.56 Å². The van der Waals surface area contributed by atoms with Crippen LogP contribution in [0.4, 0.5) is 10.1 Å². The van der Waals surface area contributed by atoms with E-state index in [2.05, 4.69) is 5.32 Å².